The molecule has 0 bridgehead atoms. The summed E-state index contributed by atoms with van der Waals surface area (Å²) in [5, 5.41) is 8.18. The number of nitrogens with one attached hydrogen (secondary N) is 4. The molecule has 176 valence electrons. The predicted molar refractivity (Wildman–Crippen MR) is 127 cm³/mol. The van der Waals surface area contributed by atoms with Crippen LogP contribution in [0, 0.1) is 0 Å². The van der Waals surface area contributed by atoms with E-state index in [0.717, 1.165) is 10.8 Å². The molecule has 10 nitrogen and oxygen atoms in total. The third kappa shape index (κ3) is 6.20. The Kier molecular flexibility index (Phi) is 7.99. The normalized spacial score (nSPS) is 10.4. The quantitative estimate of drug-likeness (QED) is 0.358. The Balaban J connectivity index is 1.57. The van der Waals surface area contributed by atoms with Gasteiger partial charge in [0, 0.05) is 42.5 Å². The maximum atomic E-state index is 12.7. The molecular weight excluding hydrogens is 462 g/mol. The fraction of sp³-hybridized carbons (Fsp3) is 0.174. The number of hydrogen-bond acceptors (Lipinski definition) is 5. The van der Waals surface area contributed by atoms with Crippen molar-refractivity contribution in [3.63, 3.8) is 0 Å². The van der Waals surface area contributed by atoms with E-state index in [2.05, 4.69) is 20.9 Å². The number of H-pyrrole nitrogens is 1. The molecule has 1 heterocycles. The first-order chi connectivity index (χ1) is 16.3. The standard InChI is InChI=1S/C23H22ClN5O5/c1-14(30)28-17-8-6-15(7-9-17)20(31)25-10-11-26-21(32)18-12-27-23(34)29(22(18)33)13-16-4-2-3-5-19(16)24/h2-9,12H,10-11,13H2,1H3,(H,25,31)(H,26,32)(H,27,34)(H,28,30). The molecule has 0 saturated heterocycles. The van der Waals surface area contributed by atoms with E-state index in [1.807, 2.05) is 0 Å². The Morgan fingerprint density at radius 1 is 0.941 bits per heavy atom. The minimum Gasteiger partial charge on any atom is -0.350 e. The van der Waals surface area contributed by atoms with E-state index in [1.54, 1.807) is 48.5 Å². The lowest BCUT2D eigenvalue weighted by Gasteiger charge is -2.10. The minimum absolute atomic E-state index is 0.0532. The van der Waals surface area contributed by atoms with Crippen molar-refractivity contribution in [3.8, 4) is 0 Å². The van der Waals surface area contributed by atoms with Crippen molar-refractivity contribution in [2.24, 2.45) is 0 Å². The second-order valence-corrected chi connectivity index (χ2v) is 7.67. The van der Waals surface area contributed by atoms with Crippen LogP contribution in [0.2, 0.25) is 5.02 Å². The van der Waals surface area contributed by atoms with Crippen LogP contribution in [0.4, 0.5) is 5.69 Å². The third-order valence-electron chi connectivity index (χ3n) is 4.76. The highest BCUT2D eigenvalue weighted by Crippen LogP contribution is 2.15. The molecule has 4 N–H and O–H groups in total. The molecule has 3 amide bonds. The Morgan fingerprint density at radius 3 is 2.24 bits per heavy atom. The summed E-state index contributed by atoms with van der Waals surface area (Å²) in [6.45, 7) is 1.45. The molecule has 11 heteroatoms. The van der Waals surface area contributed by atoms with Gasteiger partial charge in [-0.15, -0.1) is 0 Å². The van der Waals surface area contributed by atoms with Gasteiger partial charge in [-0.05, 0) is 35.9 Å². The Hall–Kier alpha value is -4.18. The molecule has 0 fully saturated rings. The molecule has 0 spiro atoms. The first-order valence-corrected chi connectivity index (χ1v) is 10.6. The molecule has 1 aromatic heterocycles. The number of nitrogens with zero attached hydrogens (tertiary/aromatic N) is 1. The van der Waals surface area contributed by atoms with Crippen LogP contribution in [-0.4, -0.2) is 40.4 Å². The van der Waals surface area contributed by atoms with Crippen molar-refractivity contribution in [2.45, 2.75) is 13.5 Å². The molecule has 0 aliphatic carbocycles. The van der Waals surface area contributed by atoms with E-state index in [1.165, 1.54) is 6.92 Å². The fourth-order valence-corrected chi connectivity index (χ4v) is 3.27. The number of carbonyl (C=O) groups excluding carboxylic acids is 3. The predicted octanol–water partition coefficient (Wildman–Crippen LogP) is 1.36. The zero-order valence-electron chi connectivity index (χ0n) is 18.2. The molecule has 34 heavy (non-hydrogen) atoms. The van der Waals surface area contributed by atoms with Crippen molar-refractivity contribution in [3.05, 3.63) is 97.3 Å². The number of rotatable bonds is 8. The Labute approximate surface area is 199 Å². The van der Waals surface area contributed by atoms with Crippen LogP contribution < -0.4 is 27.2 Å². The van der Waals surface area contributed by atoms with Crippen LogP contribution in [0.1, 0.15) is 33.2 Å². The van der Waals surface area contributed by atoms with Crippen LogP contribution in [0.25, 0.3) is 0 Å². The molecule has 0 unspecified atom stereocenters. The summed E-state index contributed by atoms with van der Waals surface area (Å²) in [5.41, 5.74) is -0.169. The fourth-order valence-electron chi connectivity index (χ4n) is 3.07. The molecule has 2 aromatic carbocycles. The minimum atomic E-state index is -0.760. The molecule has 0 atom stereocenters. The highest BCUT2D eigenvalue weighted by molar-refractivity contribution is 6.31. The second-order valence-electron chi connectivity index (χ2n) is 7.26. The number of amides is 3. The Bertz CT molecular complexity index is 1330. The summed E-state index contributed by atoms with van der Waals surface area (Å²) in [7, 11) is 0. The largest absolute Gasteiger partial charge is 0.350 e. The first-order valence-electron chi connectivity index (χ1n) is 10.3. The molecule has 0 radical (unpaired) electrons. The van der Waals surface area contributed by atoms with Gasteiger partial charge in [-0.3, -0.25) is 23.7 Å². The number of hydrogen-bond donors (Lipinski definition) is 4. The average Bonchev–Trinajstić information content (AvgIpc) is 2.80. The average molecular weight is 484 g/mol. The van der Waals surface area contributed by atoms with Crippen molar-refractivity contribution in [1.82, 2.24) is 20.2 Å². The monoisotopic (exact) mass is 483 g/mol. The van der Waals surface area contributed by atoms with Gasteiger partial charge in [-0.25, -0.2) is 4.79 Å². The summed E-state index contributed by atoms with van der Waals surface area (Å²) >= 11 is 6.11. The smallest absolute Gasteiger partial charge is 0.328 e. The number of anilines is 1. The third-order valence-corrected chi connectivity index (χ3v) is 5.12. The first kappa shape index (κ1) is 24.5. The lowest BCUT2D eigenvalue weighted by molar-refractivity contribution is -0.114. The zero-order chi connectivity index (χ0) is 24.7. The van der Waals surface area contributed by atoms with Gasteiger partial charge in [-0.1, -0.05) is 29.8 Å². The topological polar surface area (TPSA) is 142 Å². The van der Waals surface area contributed by atoms with Crippen LogP contribution in [-0.2, 0) is 11.3 Å². The van der Waals surface area contributed by atoms with Crippen molar-refractivity contribution >= 4 is 35.0 Å². The molecule has 0 aliphatic heterocycles. The van der Waals surface area contributed by atoms with Gasteiger partial charge in [0.25, 0.3) is 17.4 Å². The molecule has 0 aliphatic rings. The van der Waals surface area contributed by atoms with E-state index in [4.69, 9.17) is 11.6 Å². The maximum absolute atomic E-state index is 12.7. The summed E-state index contributed by atoms with van der Waals surface area (Å²) in [4.78, 5) is 63.0. The van der Waals surface area contributed by atoms with Gasteiger partial charge in [0.1, 0.15) is 5.56 Å². The number of halogens is 1. The van der Waals surface area contributed by atoms with Gasteiger partial charge in [0.05, 0.1) is 6.54 Å². The molecule has 0 saturated carbocycles. The lowest BCUT2D eigenvalue weighted by atomic mass is 10.2. The van der Waals surface area contributed by atoms with Crippen LogP contribution in [0.15, 0.2) is 64.3 Å². The number of aromatic amines is 1. The number of benzene rings is 2. The van der Waals surface area contributed by atoms with Gasteiger partial charge in [-0.2, -0.15) is 0 Å². The van der Waals surface area contributed by atoms with E-state index in [9.17, 15) is 24.0 Å². The Morgan fingerprint density at radius 2 is 1.59 bits per heavy atom. The van der Waals surface area contributed by atoms with Crippen molar-refractivity contribution < 1.29 is 14.4 Å². The van der Waals surface area contributed by atoms with Crippen LogP contribution in [0.3, 0.4) is 0 Å². The summed E-state index contributed by atoms with van der Waals surface area (Å²) < 4.78 is 0.891. The maximum Gasteiger partial charge on any atom is 0.328 e. The van der Waals surface area contributed by atoms with Crippen molar-refractivity contribution in [1.29, 1.82) is 0 Å². The summed E-state index contributed by atoms with van der Waals surface area (Å²) in [6, 6.07) is 13.1. The highest BCUT2D eigenvalue weighted by Gasteiger charge is 2.15. The van der Waals surface area contributed by atoms with E-state index < -0.39 is 17.2 Å². The van der Waals surface area contributed by atoms with Crippen LogP contribution in [0.5, 0.6) is 0 Å². The summed E-state index contributed by atoms with van der Waals surface area (Å²) in [6.07, 6.45) is 1.05. The van der Waals surface area contributed by atoms with Crippen molar-refractivity contribution in [2.75, 3.05) is 18.4 Å². The molecule has 3 aromatic rings. The number of aromatic nitrogens is 2. The van der Waals surface area contributed by atoms with E-state index >= 15 is 0 Å². The SMILES string of the molecule is CC(=O)Nc1ccc(C(=O)NCCNC(=O)c2c[nH]c(=O)n(Cc3ccccc3Cl)c2=O)cc1. The van der Waals surface area contributed by atoms with E-state index in [-0.39, 0.29) is 37.0 Å². The number of carbonyl (C=O) groups is 3. The lowest BCUT2D eigenvalue weighted by Crippen LogP contribution is -2.42. The molecular formula is C23H22ClN5O5. The van der Waals surface area contributed by atoms with Gasteiger partial charge in [0.2, 0.25) is 5.91 Å². The van der Waals surface area contributed by atoms with E-state index in [0.29, 0.717) is 21.8 Å². The second kappa shape index (κ2) is 11.1. The van der Waals surface area contributed by atoms with Crippen LogP contribution >= 0.6 is 11.6 Å². The summed E-state index contributed by atoms with van der Waals surface area (Å²) in [5.74, 6) is -1.27. The van der Waals surface area contributed by atoms with Gasteiger partial charge >= 0.3 is 5.69 Å². The highest BCUT2D eigenvalue weighted by atomic mass is 35.5. The molecule has 3 rings (SSSR count). The zero-order valence-corrected chi connectivity index (χ0v) is 18.9. The van der Waals surface area contributed by atoms with Gasteiger partial charge < -0.3 is 20.9 Å². The van der Waals surface area contributed by atoms with Gasteiger partial charge in [0.15, 0.2) is 0 Å².